The zero-order valence-electron chi connectivity index (χ0n) is 4.76. The molecule has 0 spiro atoms. The van der Waals surface area contributed by atoms with Crippen molar-refractivity contribution in [3.63, 3.8) is 0 Å². The fourth-order valence-electron chi connectivity index (χ4n) is 0.673. The molecule has 0 aliphatic carbocycles. The molecule has 1 rings (SSSR count). The lowest BCUT2D eigenvalue weighted by molar-refractivity contribution is -0.114. The van der Waals surface area contributed by atoms with Gasteiger partial charge in [0.05, 0.1) is 5.25 Å². The average molecular weight is 128 g/mol. The molecule has 8 heavy (non-hydrogen) atoms. The molecular weight excluding hydrogens is 120 g/mol. The van der Waals surface area contributed by atoms with Gasteiger partial charge in [-0.15, -0.1) is 11.8 Å². The van der Waals surface area contributed by atoms with Crippen LogP contribution in [0.5, 0.6) is 0 Å². The summed E-state index contributed by atoms with van der Waals surface area (Å²) in [5.74, 6) is 0.275. The summed E-state index contributed by atoms with van der Waals surface area (Å²) >= 11 is 1.62. The molecule has 1 nitrogen and oxygen atoms in total. The van der Waals surface area contributed by atoms with Crippen molar-refractivity contribution in [3.8, 4) is 0 Å². The molecule has 1 unspecified atom stereocenters. The lowest BCUT2D eigenvalue weighted by Crippen LogP contribution is -2.07. The van der Waals surface area contributed by atoms with Crippen LogP contribution < -0.4 is 0 Å². The van der Waals surface area contributed by atoms with Crippen molar-refractivity contribution in [1.29, 1.82) is 0 Å². The minimum atomic E-state index is 0.231. The normalized spacial score (nSPS) is 27.1. The Morgan fingerprint density at radius 2 is 2.62 bits per heavy atom. The van der Waals surface area contributed by atoms with Crippen molar-refractivity contribution in [2.45, 2.75) is 18.6 Å². The summed E-state index contributed by atoms with van der Waals surface area (Å²) in [6.45, 7) is 2.03. The molecule has 44 valence electrons. The number of ketones is 1. The van der Waals surface area contributed by atoms with E-state index in [0.29, 0.717) is 0 Å². The van der Waals surface area contributed by atoms with E-state index < -0.39 is 0 Å². The van der Waals surface area contributed by atoms with Crippen LogP contribution in [0.15, 0.2) is 11.5 Å². The smallest absolute Gasteiger partial charge is 0.169 e. The quantitative estimate of drug-likeness (QED) is 0.533. The number of carbonyl (C=O) groups excluding carboxylic acids is 1. The topological polar surface area (TPSA) is 17.1 Å². The number of carbonyl (C=O) groups is 1. The molecule has 1 aliphatic heterocycles. The summed E-state index contributed by atoms with van der Waals surface area (Å²) in [5, 5.41) is 2.10. The Hall–Kier alpha value is -0.240. The van der Waals surface area contributed by atoms with Gasteiger partial charge >= 0.3 is 0 Å². The molecule has 0 aromatic rings. The molecule has 2 heteroatoms. The first-order chi connectivity index (χ1) is 3.84. The van der Waals surface area contributed by atoms with E-state index in [0.717, 1.165) is 6.42 Å². The largest absolute Gasteiger partial charge is 0.294 e. The zero-order chi connectivity index (χ0) is 5.98. The maximum Gasteiger partial charge on any atom is 0.169 e. The standard InChI is InChI=1S/C6H8OS/c1-2-6-5(7)3-4-8-6/h3-4,6H,2H2,1H3. The predicted octanol–water partition coefficient (Wildman–Crippen LogP) is 1.59. The Balaban J connectivity index is 2.51. The third-order valence-corrected chi connectivity index (χ3v) is 2.35. The highest BCUT2D eigenvalue weighted by atomic mass is 32.2. The number of rotatable bonds is 1. The molecule has 1 aliphatic rings. The van der Waals surface area contributed by atoms with Gasteiger partial charge < -0.3 is 0 Å². The number of allylic oxidation sites excluding steroid dienone is 1. The molecule has 0 bridgehead atoms. The Morgan fingerprint density at radius 3 is 2.88 bits per heavy atom. The summed E-state index contributed by atoms with van der Waals surface area (Å²) in [4.78, 5) is 10.7. The minimum Gasteiger partial charge on any atom is -0.294 e. The van der Waals surface area contributed by atoms with E-state index in [4.69, 9.17) is 0 Å². The third-order valence-electron chi connectivity index (χ3n) is 1.16. The van der Waals surface area contributed by atoms with E-state index in [9.17, 15) is 4.79 Å². The first kappa shape index (κ1) is 5.89. The Labute approximate surface area is 53.2 Å². The second-order valence-electron chi connectivity index (χ2n) is 1.74. The van der Waals surface area contributed by atoms with Crippen molar-refractivity contribution in [1.82, 2.24) is 0 Å². The first-order valence-corrected chi connectivity index (χ1v) is 3.64. The van der Waals surface area contributed by atoms with Crippen molar-refractivity contribution in [2.24, 2.45) is 0 Å². The molecule has 0 saturated carbocycles. The third kappa shape index (κ3) is 0.944. The second kappa shape index (κ2) is 2.35. The van der Waals surface area contributed by atoms with Gasteiger partial charge in [-0.25, -0.2) is 0 Å². The van der Waals surface area contributed by atoms with Crippen molar-refractivity contribution >= 4 is 17.5 Å². The van der Waals surface area contributed by atoms with Gasteiger partial charge in [0.15, 0.2) is 5.78 Å². The van der Waals surface area contributed by atoms with Crippen LogP contribution in [0.25, 0.3) is 0 Å². The van der Waals surface area contributed by atoms with E-state index in [-0.39, 0.29) is 11.0 Å². The molecule has 0 fully saturated rings. The van der Waals surface area contributed by atoms with Crippen molar-refractivity contribution in [2.75, 3.05) is 0 Å². The Morgan fingerprint density at radius 1 is 1.88 bits per heavy atom. The van der Waals surface area contributed by atoms with Gasteiger partial charge in [0.1, 0.15) is 0 Å². The molecule has 1 heterocycles. The highest BCUT2D eigenvalue weighted by molar-refractivity contribution is 8.03. The van der Waals surface area contributed by atoms with E-state index in [1.165, 1.54) is 0 Å². The first-order valence-electron chi connectivity index (χ1n) is 2.70. The molecule has 0 aromatic carbocycles. The van der Waals surface area contributed by atoms with Crippen LogP contribution in [-0.4, -0.2) is 11.0 Å². The summed E-state index contributed by atoms with van der Waals surface area (Å²) in [7, 11) is 0. The summed E-state index contributed by atoms with van der Waals surface area (Å²) in [6, 6.07) is 0. The van der Waals surface area contributed by atoms with Crippen LogP contribution >= 0.6 is 11.8 Å². The molecule has 0 amide bonds. The Bertz CT molecular complexity index is 128. The highest BCUT2D eigenvalue weighted by Gasteiger charge is 2.16. The van der Waals surface area contributed by atoms with Gasteiger partial charge in [-0.1, -0.05) is 6.92 Å². The highest BCUT2D eigenvalue weighted by Crippen LogP contribution is 2.22. The van der Waals surface area contributed by atoms with Crippen molar-refractivity contribution < 1.29 is 4.79 Å². The van der Waals surface area contributed by atoms with Gasteiger partial charge in [-0.3, -0.25) is 4.79 Å². The summed E-state index contributed by atoms with van der Waals surface area (Å²) < 4.78 is 0. The SMILES string of the molecule is CCC1SC=CC1=O. The Kier molecular flexibility index (Phi) is 1.73. The molecular formula is C6H8OS. The fraction of sp³-hybridized carbons (Fsp3) is 0.500. The van der Waals surface area contributed by atoms with Crippen LogP contribution in [0.3, 0.4) is 0 Å². The number of thioether (sulfide) groups is 1. The van der Waals surface area contributed by atoms with E-state index in [2.05, 4.69) is 0 Å². The molecule has 0 radical (unpaired) electrons. The van der Waals surface area contributed by atoms with Crippen LogP contribution in [0.2, 0.25) is 0 Å². The number of hydrogen-bond acceptors (Lipinski definition) is 2. The van der Waals surface area contributed by atoms with E-state index in [1.807, 2.05) is 12.3 Å². The van der Waals surface area contributed by atoms with E-state index >= 15 is 0 Å². The van der Waals surface area contributed by atoms with Crippen LogP contribution in [-0.2, 0) is 4.79 Å². The van der Waals surface area contributed by atoms with Gasteiger partial charge in [-0.05, 0) is 17.9 Å². The van der Waals surface area contributed by atoms with Gasteiger partial charge in [0.2, 0.25) is 0 Å². The maximum atomic E-state index is 10.7. The number of hydrogen-bond donors (Lipinski definition) is 0. The summed E-state index contributed by atoms with van der Waals surface area (Å²) in [6.07, 6.45) is 2.61. The predicted molar refractivity (Wildman–Crippen MR) is 35.8 cm³/mol. The van der Waals surface area contributed by atoms with Crippen LogP contribution in [0.1, 0.15) is 13.3 Å². The zero-order valence-corrected chi connectivity index (χ0v) is 5.57. The van der Waals surface area contributed by atoms with Gasteiger partial charge in [0.25, 0.3) is 0 Å². The second-order valence-corrected chi connectivity index (χ2v) is 2.85. The fourth-order valence-corrected chi connectivity index (χ4v) is 1.48. The van der Waals surface area contributed by atoms with Gasteiger partial charge in [0, 0.05) is 0 Å². The molecule has 0 aromatic heterocycles. The monoisotopic (exact) mass is 128 g/mol. The summed E-state index contributed by atoms with van der Waals surface area (Å²) in [5.41, 5.74) is 0. The average Bonchev–Trinajstić information content (AvgIpc) is 2.14. The van der Waals surface area contributed by atoms with Crippen molar-refractivity contribution in [3.05, 3.63) is 11.5 Å². The molecule has 0 N–H and O–H groups in total. The van der Waals surface area contributed by atoms with E-state index in [1.54, 1.807) is 17.8 Å². The van der Waals surface area contributed by atoms with Crippen LogP contribution in [0, 0.1) is 0 Å². The molecule has 1 atom stereocenters. The van der Waals surface area contributed by atoms with Gasteiger partial charge in [-0.2, -0.15) is 0 Å². The lowest BCUT2D eigenvalue weighted by Gasteiger charge is -1.98. The van der Waals surface area contributed by atoms with Crippen LogP contribution in [0.4, 0.5) is 0 Å². The maximum absolute atomic E-state index is 10.7. The molecule has 0 saturated heterocycles. The minimum absolute atomic E-state index is 0.231. The lowest BCUT2D eigenvalue weighted by atomic mass is 10.2.